The van der Waals surface area contributed by atoms with Crippen LogP contribution >= 0.6 is 11.6 Å². The van der Waals surface area contributed by atoms with Crippen molar-refractivity contribution >= 4 is 25.9 Å². The van der Waals surface area contributed by atoms with E-state index < -0.39 is 13.9 Å². The van der Waals surface area contributed by atoms with Crippen molar-refractivity contribution in [1.29, 1.82) is 0 Å². The van der Waals surface area contributed by atoms with Gasteiger partial charge < -0.3 is 13.9 Å². The molecule has 1 aromatic heterocycles. The van der Waals surface area contributed by atoms with Gasteiger partial charge in [-0.2, -0.15) is 0 Å². The van der Waals surface area contributed by atoms with Gasteiger partial charge in [-0.3, -0.25) is 0 Å². The zero-order valence-corrected chi connectivity index (χ0v) is 21.2. The molecule has 1 atom stereocenters. The third kappa shape index (κ3) is 3.32. The molecule has 0 bridgehead atoms. The fraction of sp³-hybridized carbons (Fsp3) is 0.750. The number of ether oxygens (including phenoxy) is 2. The molecule has 3 heterocycles. The Kier molecular flexibility index (Phi) is 4.95. The van der Waals surface area contributed by atoms with E-state index in [1.807, 2.05) is 0 Å². The van der Waals surface area contributed by atoms with Gasteiger partial charge in [-0.05, 0) is 49.2 Å². The number of halogens is 1. The van der Waals surface area contributed by atoms with Crippen LogP contribution in [0.4, 0.5) is 0 Å². The minimum Gasteiger partial charge on any atom is -0.450 e. The molecule has 2 spiro atoms. The lowest BCUT2D eigenvalue weighted by Crippen LogP contribution is -2.46. The number of aromatic nitrogens is 1. The van der Waals surface area contributed by atoms with Crippen molar-refractivity contribution in [3.63, 3.8) is 0 Å². The SMILES string of the molecule is CC(C)(C)[Si](C)(C)OC1CC2(CCC2)Cc2nc(Cl)c3c(c21)C1(CCOCC1)OC3=O. The molecule has 2 aliphatic carbocycles. The van der Waals surface area contributed by atoms with Crippen LogP contribution in [0.25, 0.3) is 0 Å². The van der Waals surface area contributed by atoms with E-state index in [1.165, 1.54) is 19.3 Å². The molecule has 1 saturated carbocycles. The second-order valence-corrected chi connectivity index (χ2v) is 16.7. The Labute approximate surface area is 191 Å². The Morgan fingerprint density at radius 3 is 2.42 bits per heavy atom. The minimum absolute atomic E-state index is 0.0577. The molecule has 2 aliphatic heterocycles. The lowest BCUT2D eigenvalue weighted by molar-refractivity contribution is -0.0752. The molecule has 5 nitrogen and oxygen atoms in total. The van der Waals surface area contributed by atoms with Gasteiger partial charge in [0, 0.05) is 29.7 Å². The third-order valence-corrected chi connectivity index (χ3v) is 13.4. The van der Waals surface area contributed by atoms with E-state index >= 15 is 0 Å². The summed E-state index contributed by atoms with van der Waals surface area (Å²) in [4.78, 5) is 17.8. The number of fused-ring (bicyclic) bond motifs is 4. The number of carbonyl (C=O) groups excluding carboxylic acids is 1. The molecule has 0 N–H and O–H groups in total. The molecule has 5 rings (SSSR count). The molecular weight excluding hydrogens is 430 g/mol. The molecule has 2 fully saturated rings. The van der Waals surface area contributed by atoms with Gasteiger partial charge in [-0.1, -0.05) is 38.8 Å². The highest BCUT2D eigenvalue weighted by atomic mass is 35.5. The van der Waals surface area contributed by atoms with Gasteiger partial charge in [0.05, 0.1) is 19.3 Å². The summed E-state index contributed by atoms with van der Waals surface area (Å²) in [7, 11) is -2.05. The topological polar surface area (TPSA) is 57.6 Å². The molecule has 4 aliphatic rings. The zero-order valence-electron chi connectivity index (χ0n) is 19.4. The van der Waals surface area contributed by atoms with Crippen LogP contribution in [0.3, 0.4) is 0 Å². The third-order valence-electron chi connectivity index (χ3n) is 8.66. The lowest BCUT2D eigenvalue weighted by atomic mass is 9.59. The maximum Gasteiger partial charge on any atom is 0.342 e. The van der Waals surface area contributed by atoms with Crippen molar-refractivity contribution in [2.24, 2.45) is 5.41 Å². The molecule has 0 aromatic carbocycles. The monoisotopic (exact) mass is 463 g/mol. The number of esters is 1. The van der Waals surface area contributed by atoms with Crippen LogP contribution in [0.5, 0.6) is 0 Å². The smallest absolute Gasteiger partial charge is 0.342 e. The first-order valence-corrected chi connectivity index (χ1v) is 15.0. The number of carbonyl (C=O) groups is 1. The van der Waals surface area contributed by atoms with Gasteiger partial charge in [0.25, 0.3) is 0 Å². The fourth-order valence-electron chi connectivity index (χ4n) is 5.70. The molecule has 0 radical (unpaired) electrons. The molecule has 7 heteroatoms. The van der Waals surface area contributed by atoms with Crippen molar-refractivity contribution in [3.05, 3.63) is 27.5 Å². The average Bonchev–Trinajstić information content (AvgIpc) is 2.91. The quantitative estimate of drug-likeness (QED) is 0.301. The highest BCUT2D eigenvalue weighted by Gasteiger charge is 2.55. The Morgan fingerprint density at radius 2 is 1.84 bits per heavy atom. The van der Waals surface area contributed by atoms with E-state index in [0.717, 1.165) is 29.7 Å². The summed E-state index contributed by atoms with van der Waals surface area (Å²) in [6.45, 7) is 12.6. The normalized spacial score (nSPS) is 26.4. The van der Waals surface area contributed by atoms with Gasteiger partial charge >= 0.3 is 5.97 Å². The highest BCUT2D eigenvalue weighted by Crippen LogP contribution is 2.59. The summed E-state index contributed by atoms with van der Waals surface area (Å²) in [6.07, 6.45) is 6.90. The number of hydrogen-bond acceptors (Lipinski definition) is 5. The average molecular weight is 464 g/mol. The first-order valence-electron chi connectivity index (χ1n) is 11.7. The molecule has 1 saturated heterocycles. The van der Waals surface area contributed by atoms with E-state index in [4.69, 9.17) is 30.5 Å². The Hall–Kier alpha value is -0.953. The van der Waals surface area contributed by atoms with Gasteiger partial charge in [0.15, 0.2) is 8.32 Å². The van der Waals surface area contributed by atoms with Crippen LogP contribution in [0.2, 0.25) is 23.3 Å². The number of rotatable bonds is 2. The van der Waals surface area contributed by atoms with Crippen molar-refractivity contribution in [2.75, 3.05) is 13.2 Å². The van der Waals surface area contributed by atoms with Crippen LogP contribution in [-0.4, -0.2) is 32.5 Å². The fourth-order valence-corrected chi connectivity index (χ4v) is 7.24. The molecule has 0 amide bonds. The second kappa shape index (κ2) is 7.02. The minimum atomic E-state index is -2.05. The van der Waals surface area contributed by atoms with Gasteiger partial charge in [0.2, 0.25) is 0 Å². The summed E-state index contributed by atoms with van der Waals surface area (Å²) < 4.78 is 18.8. The number of hydrogen-bond donors (Lipinski definition) is 0. The van der Waals surface area contributed by atoms with E-state index in [1.54, 1.807) is 0 Å². The summed E-state index contributed by atoms with van der Waals surface area (Å²) in [5, 5.41) is 0.396. The standard InChI is InChI=1S/C24H34ClNO4Si/c1-22(2,3)31(4,5)30-16-14-23(7-6-8-23)13-15-17(16)19-18(20(25)26-15)21(27)29-24(19)9-11-28-12-10-24/h16H,6-14H2,1-5H3. The van der Waals surface area contributed by atoms with E-state index in [2.05, 4.69) is 33.9 Å². The second-order valence-electron chi connectivity index (χ2n) is 11.6. The Balaban J connectivity index is 1.69. The molecular formula is C24H34ClNO4Si. The summed E-state index contributed by atoms with van der Waals surface area (Å²) in [5.74, 6) is -0.341. The zero-order chi connectivity index (χ0) is 22.2. The van der Waals surface area contributed by atoms with E-state index in [0.29, 0.717) is 36.8 Å². The summed E-state index contributed by atoms with van der Waals surface area (Å²) in [6, 6.07) is 0. The number of pyridine rings is 1. The van der Waals surface area contributed by atoms with Crippen LogP contribution in [-0.2, 0) is 25.9 Å². The summed E-state index contributed by atoms with van der Waals surface area (Å²) in [5.41, 5.74) is 3.18. The van der Waals surface area contributed by atoms with Crippen LogP contribution < -0.4 is 0 Å². The predicted molar refractivity (Wildman–Crippen MR) is 122 cm³/mol. The van der Waals surface area contributed by atoms with Crippen molar-refractivity contribution in [2.45, 2.75) is 95.6 Å². The van der Waals surface area contributed by atoms with Crippen molar-refractivity contribution in [3.8, 4) is 0 Å². The van der Waals surface area contributed by atoms with Gasteiger partial charge in [0.1, 0.15) is 16.3 Å². The predicted octanol–water partition coefficient (Wildman–Crippen LogP) is 6.09. The van der Waals surface area contributed by atoms with Crippen molar-refractivity contribution < 1.29 is 18.7 Å². The first kappa shape index (κ1) is 21.9. The van der Waals surface area contributed by atoms with Crippen molar-refractivity contribution in [1.82, 2.24) is 4.98 Å². The van der Waals surface area contributed by atoms with Crippen LogP contribution in [0, 0.1) is 5.41 Å². The van der Waals surface area contributed by atoms with E-state index in [-0.39, 0.29) is 22.5 Å². The highest BCUT2D eigenvalue weighted by molar-refractivity contribution is 6.74. The van der Waals surface area contributed by atoms with Crippen LogP contribution in [0.15, 0.2) is 0 Å². The Morgan fingerprint density at radius 1 is 1.16 bits per heavy atom. The largest absolute Gasteiger partial charge is 0.450 e. The molecule has 1 aromatic rings. The number of nitrogens with zero attached hydrogens (tertiary/aromatic N) is 1. The van der Waals surface area contributed by atoms with Gasteiger partial charge in [-0.25, -0.2) is 9.78 Å². The molecule has 170 valence electrons. The first-order chi connectivity index (χ1) is 14.5. The van der Waals surface area contributed by atoms with Crippen LogP contribution in [0.1, 0.15) is 92.6 Å². The lowest BCUT2D eigenvalue weighted by Gasteiger charge is -2.51. The maximum atomic E-state index is 13.0. The molecule has 31 heavy (non-hydrogen) atoms. The molecule has 1 unspecified atom stereocenters. The van der Waals surface area contributed by atoms with Gasteiger partial charge in [-0.15, -0.1) is 0 Å². The Bertz CT molecular complexity index is 928. The van der Waals surface area contributed by atoms with E-state index in [9.17, 15) is 4.79 Å². The summed E-state index contributed by atoms with van der Waals surface area (Å²) >= 11 is 6.64. The maximum absolute atomic E-state index is 13.0.